The van der Waals surface area contributed by atoms with E-state index in [4.69, 9.17) is 9.15 Å². The molecule has 0 radical (unpaired) electrons. The minimum atomic E-state index is -0.413. The number of hydrogen-bond donors (Lipinski definition) is 2. The van der Waals surface area contributed by atoms with Crippen LogP contribution in [0.5, 0.6) is 5.75 Å². The molecule has 2 aromatic carbocycles. The Labute approximate surface area is 182 Å². The second-order valence-electron chi connectivity index (χ2n) is 6.84. The van der Waals surface area contributed by atoms with Gasteiger partial charge < -0.3 is 19.8 Å². The summed E-state index contributed by atoms with van der Waals surface area (Å²) in [4.78, 5) is 25.0. The number of rotatable bonds is 8. The highest BCUT2D eigenvalue weighted by atomic mass is 35.5. The maximum absolute atomic E-state index is 12.5. The van der Waals surface area contributed by atoms with E-state index in [0.717, 1.165) is 28.7 Å². The van der Waals surface area contributed by atoms with Crippen molar-refractivity contribution in [2.45, 2.75) is 33.2 Å². The molecule has 0 aliphatic carbocycles. The molecule has 30 heavy (non-hydrogen) atoms. The summed E-state index contributed by atoms with van der Waals surface area (Å²) in [5.41, 5.74) is 3.24. The van der Waals surface area contributed by atoms with Crippen LogP contribution in [0, 0.1) is 6.92 Å². The van der Waals surface area contributed by atoms with Crippen LogP contribution >= 0.6 is 12.4 Å². The van der Waals surface area contributed by atoms with Crippen molar-refractivity contribution in [2.24, 2.45) is 0 Å². The van der Waals surface area contributed by atoms with E-state index in [2.05, 4.69) is 10.6 Å². The van der Waals surface area contributed by atoms with Crippen molar-refractivity contribution >= 4 is 35.0 Å². The molecule has 7 heteroatoms. The van der Waals surface area contributed by atoms with E-state index in [-0.39, 0.29) is 24.7 Å². The summed E-state index contributed by atoms with van der Waals surface area (Å²) in [7, 11) is 1.57. The minimum absolute atomic E-state index is 0. The van der Waals surface area contributed by atoms with E-state index >= 15 is 0 Å². The van der Waals surface area contributed by atoms with E-state index in [1.165, 1.54) is 0 Å². The zero-order valence-electron chi connectivity index (χ0n) is 17.4. The number of para-hydroxylation sites is 1. The standard InChI is InChI=1S/C23H26N2O4.ClH/c1-4-24-14-16-7-5-6-8-20(16)25-22(26)12-11-19-15(2)18-10-9-17(28-3)13-21(18)29-23(19)27;/h5-10,13,24H,4,11-12,14H2,1-3H3,(H,25,26);1H. The van der Waals surface area contributed by atoms with Gasteiger partial charge in [-0.1, -0.05) is 25.1 Å². The Balaban J connectivity index is 0.00000320. The molecule has 3 rings (SSSR count). The van der Waals surface area contributed by atoms with Crippen molar-refractivity contribution in [1.82, 2.24) is 5.32 Å². The Kier molecular flexibility index (Phi) is 8.45. The third kappa shape index (κ3) is 5.40. The summed E-state index contributed by atoms with van der Waals surface area (Å²) in [6, 6.07) is 13.1. The summed E-state index contributed by atoms with van der Waals surface area (Å²) in [6.07, 6.45) is 0.514. The van der Waals surface area contributed by atoms with Crippen molar-refractivity contribution < 1.29 is 13.9 Å². The van der Waals surface area contributed by atoms with Gasteiger partial charge in [0.2, 0.25) is 5.91 Å². The average molecular weight is 431 g/mol. The van der Waals surface area contributed by atoms with Crippen LogP contribution in [0.2, 0.25) is 0 Å². The van der Waals surface area contributed by atoms with Crippen LogP contribution in [-0.2, 0) is 17.8 Å². The van der Waals surface area contributed by atoms with Crippen molar-refractivity contribution in [3.8, 4) is 5.75 Å². The number of fused-ring (bicyclic) bond motifs is 1. The van der Waals surface area contributed by atoms with E-state index in [1.54, 1.807) is 13.2 Å². The molecule has 0 bridgehead atoms. The Morgan fingerprint density at radius 1 is 1.17 bits per heavy atom. The van der Waals surface area contributed by atoms with E-state index in [0.29, 0.717) is 29.9 Å². The Morgan fingerprint density at radius 2 is 1.93 bits per heavy atom. The molecule has 0 aliphatic rings. The molecular formula is C23H27ClN2O4. The molecule has 160 valence electrons. The molecule has 0 spiro atoms. The quantitative estimate of drug-likeness (QED) is 0.523. The summed E-state index contributed by atoms with van der Waals surface area (Å²) in [5, 5.41) is 7.06. The molecule has 2 N–H and O–H groups in total. The fourth-order valence-electron chi connectivity index (χ4n) is 3.30. The summed E-state index contributed by atoms with van der Waals surface area (Å²) < 4.78 is 10.6. The third-order valence-corrected chi connectivity index (χ3v) is 4.95. The van der Waals surface area contributed by atoms with Crippen LogP contribution < -0.4 is 21.0 Å². The number of amides is 1. The SMILES string of the molecule is CCNCc1ccccc1NC(=O)CCc1c(C)c2ccc(OC)cc2oc1=O.Cl. The molecule has 0 aliphatic heterocycles. The largest absolute Gasteiger partial charge is 0.497 e. The summed E-state index contributed by atoms with van der Waals surface area (Å²) in [5.74, 6) is 0.492. The number of carbonyl (C=O) groups is 1. The van der Waals surface area contributed by atoms with Gasteiger partial charge in [-0.3, -0.25) is 4.79 Å². The minimum Gasteiger partial charge on any atom is -0.497 e. The van der Waals surface area contributed by atoms with Crippen LogP contribution in [-0.4, -0.2) is 19.6 Å². The molecule has 0 saturated heterocycles. The van der Waals surface area contributed by atoms with Gasteiger partial charge in [0, 0.05) is 35.7 Å². The number of benzene rings is 2. The summed E-state index contributed by atoms with van der Waals surface area (Å²) >= 11 is 0. The van der Waals surface area contributed by atoms with Crippen LogP contribution in [0.25, 0.3) is 11.0 Å². The highest BCUT2D eigenvalue weighted by molar-refractivity contribution is 5.91. The number of methoxy groups -OCH3 is 1. The van der Waals surface area contributed by atoms with Crippen molar-refractivity contribution in [2.75, 3.05) is 19.0 Å². The first-order valence-electron chi connectivity index (χ1n) is 9.72. The van der Waals surface area contributed by atoms with Crippen molar-refractivity contribution in [3.63, 3.8) is 0 Å². The predicted molar refractivity (Wildman–Crippen MR) is 122 cm³/mol. The number of halogens is 1. The smallest absolute Gasteiger partial charge is 0.339 e. The number of anilines is 1. The number of nitrogens with one attached hydrogen (secondary N) is 2. The predicted octanol–water partition coefficient (Wildman–Crippen LogP) is 4.21. The van der Waals surface area contributed by atoms with Crippen LogP contribution in [0.1, 0.15) is 30.0 Å². The molecule has 0 unspecified atom stereocenters. The highest BCUT2D eigenvalue weighted by Gasteiger charge is 2.14. The zero-order chi connectivity index (χ0) is 20.8. The Hall–Kier alpha value is -2.83. The zero-order valence-corrected chi connectivity index (χ0v) is 18.2. The number of ether oxygens (including phenoxy) is 1. The third-order valence-electron chi connectivity index (χ3n) is 4.95. The lowest BCUT2D eigenvalue weighted by Crippen LogP contribution is -2.19. The fourth-order valence-corrected chi connectivity index (χ4v) is 3.30. The van der Waals surface area contributed by atoms with Crippen LogP contribution in [0.4, 0.5) is 5.69 Å². The molecule has 3 aromatic rings. The van der Waals surface area contributed by atoms with Gasteiger partial charge in [0.1, 0.15) is 11.3 Å². The molecule has 1 amide bonds. The number of hydrogen-bond acceptors (Lipinski definition) is 5. The second kappa shape index (κ2) is 10.8. The first-order valence-corrected chi connectivity index (χ1v) is 9.72. The molecular weight excluding hydrogens is 404 g/mol. The highest BCUT2D eigenvalue weighted by Crippen LogP contribution is 2.24. The topological polar surface area (TPSA) is 80.6 Å². The average Bonchev–Trinajstić information content (AvgIpc) is 2.72. The summed E-state index contributed by atoms with van der Waals surface area (Å²) in [6.45, 7) is 5.45. The molecule has 0 atom stereocenters. The van der Waals surface area contributed by atoms with Gasteiger partial charge in [-0.05, 0) is 49.2 Å². The molecule has 0 saturated carbocycles. The normalized spacial score (nSPS) is 10.5. The lowest BCUT2D eigenvalue weighted by atomic mass is 10.0. The molecule has 1 heterocycles. The Morgan fingerprint density at radius 3 is 2.67 bits per heavy atom. The lowest BCUT2D eigenvalue weighted by molar-refractivity contribution is -0.116. The van der Waals surface area contributed by atoms with Gasteiger partial charge in [-0.25, -0.2) is 4.79 Å². The fraction of sp³-hybridized carbons (Fsp3) is 0.304. The molecule has 6 nitrogen and oxygen atoms in total. The monoisotopic (exact) mass is 430 g/mol. The van der Waals surface area contributed by atoms with Gasteiger partial charge in [-0.2, -0.15) is 0 Å². The van der Waals surface area contributed by atoms with E-state index in [1.807, 2.05) is 50.2 Å². The first-order chi connectivity index (χ1) is 14.0. The lowest BCUT2D eigenvalue weighted by Gasteiger charge is -2.12. The molecule has 0 fully saturated rings. The van der Waals surface area contributed by atoms with Crippen molar-refractivity contribution in [3.05, 3.63) is 69.6 Å². The van der Waals surface area contributed by atoms with Gasteiger partial charge >= 0.3 is 5.63 Å². The van der Waals surface area contributed by atoms with E-state index in [9.17, 15) is 9.59 Å². The van der Waals surface area contributed by atoms with Crippen molar-refractivity contribution in [1.29, 1.82) is 0 Å². The number of aryl methyl sites for hydroxylation is 1. The maximum atomic E-state index is 12.5. The van der Waals surface area contributed by atoms with Gasteiger partial charge in [0.05, 0.1) is 7.11 Å². The first kappa shape index (κ1) is 23.4. The van der Waals surface area contributed by atoms with Gasteiger partial charge in [-0.15, -0.1) is 12.4 Å². The Bertz CT molecular complexity index is 1080. The van der Waals surface area contributed by atoms with Crippen LogP contribution in [0.15, 0.2) is 51.7 Å². The van der Waals surface area contributed by atoms with Crippen LogP contribution in [0.3, 0.4) is 0 Å². The van der Waals surface area contributed by atoms with E-state index < -0.39 is 5.63 Å². The van der Waals surface area contributed by atoms with Gasteiger partial charge in [0.25, 0.3) is 0 Å². The molecule has 1 aromatic heterocycles. The van der Waals surface area contributed by atoms with Gasteiger partial charge in [0.15, 0.2) is 0 Å². The second-order valence-corrected chi connectivity index (χ2v) is 6.84. The maximum Gasteiger partial charge on any atom is 0.339 e. The number of carbonyl (C=O) groups excluding carboxylic acids is 1.